The molecule has 1 aromatic rings. The predicted molar refractivity (Wildman–Crippen MR) is 96.2 cm³/mol. The number of aromatic nitrogens is 2. The number of allylic oxidation sites excluding steroid dienone is 1. The minimum Gasteiger partial charge on any atom is -0.444 e. The summed E-state index contributed by atoms with van der Waals surface area (Å²) in [6.45, 7) is 9.35. The molecule has 1 aromatic heterocycles. The van der Waals surface area contributed by atoms with Crippen LogP contribution < -0.4 is 0 Å². The fraction of sp³-hybridized carbons (Fsp3) is 0.650. The zero-order valence-electron chi connectivity index (χ0n) is 15.6. The summed E-state index contributed by atoms with van der Waals surface area (Å²) in [6.07, 6.45) is 6.47. The van der Waals surface area contributed by atoms with Crippen molar-refractivity contribution >= 4 is 11.7 Å². The lowest BCUT2D eigenvalue weighted by Gasteiger charge is -2.24. The number of likely N-dealkylation sites (tertiary alicyclic amines) is 1. The van der Waals surface area contributed by atoms with Crippen LogP contribution in [0.4, 0.5) is 4.79 Å². The van der Waals surface area contributed by atoms with Gasteiger partial charge in [-0.05, 0) is 70.4 Å². The summed E-state index contributed by atoms with van der Waals surface area (Å²) >= 11 is 0. The Morgan fingerprint density at radius 3 is 2.76 bits per heavy atom. The van der Waals surface area contributed by atoms with E-state index in [1.165, 1.54) is 23.3 Å². The Balaban J connectivity index is 1.48. The Bertz CT molecular complexity index is 748. The summed E-state index contributed by atoms with van der Waals surface area (Å²) in [5, 5.41) is 0. The molecule has 1 amide bonds. The van der Waals surface area contributed by atoms with Gasteiger partial charge in [-0.3, -0.25) is 0 Å². The van der Waals surface area contributed by atoms with Crippen LogP contribution in [-0.4, -0.2) is 39.7 Å². The molecule has 4 rings (SSSR count). The van der Waals surface area contributed by atoms with E-state index in [9.17, 15) is 4.79 Å². The van der Waals surface area contributed by atoms with Crippen LogP contribution in [0.2, 0.25) is 0 Å². The lowest BCUT2D eigenvalue weighted by Crippen LogP contribution is -2.35. The molecule has 2 unspecified atom stereocenters. The maximum absolute atomic E-state index is 12.3. The molecule has 0 radical (unpaired) electrons. The van der Waals surface area contributed by atoms with Gasteiger partial charge in [0.05, 0.1) is 0 Å². The van der Waals surface area contributed by atoms with Gasteiger partial charge in [-0.15, -0.1) is 0 Å². The van der Waals surface area contributed by atoms with E-state index >= 15 is 0 Å². The molecule has 0 saturated carbocycles. The fourth-order valence-corrected chi connectivity index (χ4v) is 4.32. The van der Waals surface area contributed by atoms with E-state index < -0.39 is 5.60 Å². The molecule has 1 saturated heterocycles. The SMILES string of the molecule is Cc1nc(C2=CC3CN(C(=O)OC(C)(C)C)CC3C2)nc2c1CCC2. The van der Waals surface area contributed by atoms with Crippen molar-refractivity contribution in [2.24, 2.45) is 11.8 Å². The molecule has 0 aromatic carbocycles. The molecule has 5 heteroatoms. The van der Waals surface area contributed by atoms with Crippen LogP contribution in [0, 0.1) is 18.8 Å². The van der Waals surface area contributed by atoms with Crippen molar-refractivity contribution in [1.82, 2.24) is 14.9 Å². The van der Waals surface area contributed by atoms with Crippen molar-refractivity contribution in [3.63, 3.8) is 0 Å². The van der Waals surface area contributed by atoms with Crippen molar-refractivity contribution in [1.29, 1.82) is 0 Å². The molecular weight excluding hydrogens is 314 g/mol. The molecular formula is C20H27N3O2. The van der Waals surface area contributed by atoms with E-state index in [1.54, 1.807) is 0 Å². The number of aryl methyl sites for hydroxylation is 2. The number of carbonyl (C=O) groups is 1. The second-order valence-electron chi connectivity index (χ2n) is 8.62. The summed E-state index contributed by atoms with van der Waals surface area (Å²) in [6, 6.07) is 0. The first-order valence-electron chi connectivity index (χ1n) is 9.35. The average Bonchev–Trinajstić information content (AvgIpc) is 3.18. The van der Waals surface area contributed by atoms with Gasteiger partial charge in [0.1, 0.15) is 5.60 Å². The van der Waals surface area contributed by atoms with Gasteiger partial charge in [0, 0.05) is 30.4 Å². The van der Waals surface area contributed by atoms with Crippen LogP contribution >= 0.6 is 0 Å². The third kappa shape index (κ3) is 3.16. The topological polar surface area (TPSA) is 55.3 Å². The highest BCUT2D eigenvalue weighted by Crippen LogP contribution is 2.41. The molecule has 5 nitrogen and oxygen atoms in total. The summed E-state index contributed by atoms with van der Waals surface area (Å²) in [4.78, 5) is 23.7. The van der Waals surface area contributed by atoms with Gasteiger partial charge in [-0.1, -0.05) is 6.08 Å². The zero-order valence-corrected chi connectivity index (χ0v) is 15.6. The van der Waals surface area contributed by atoms with Crippen molar-refractivity contribution < 1.29 is 9.53 Å². The van der Waals surface area contributed by atoms with Gasteiger partial charge in [0.25, 0.3) is 0 Å². The van der Waals surface area contributed by atoms with E-state index in [0.29, 0.717) is 11.8 Å². The number of hydrogen-bond acceptors (Lipinski definition) is 4. The first-order chi connectivity index (χ1) is 11.8. The standard InChI is InChI=1S/C20H27N3O2/c1-12-16-6-5-7-17(16)22-18(21-12)13-8-14-10-23(11-15(14)9-13)19(24)25-20(2,3)4/h8,14-15H,5-7,9-11H2,1-4H3. The van der Waals surface area contributed by atoms with Crippen LogP contribution in [0.15, 0.2) is 6.08 Å². The predicted octanol–water partition coefficient (Wildman–Crippen LogP) is 3.54. The van der Waals surface area contributed by atoms with Crippen molar-refractivity contribution in [3.05, 3.63) is 28.9 Å². The second kappa shape index (κ2) is 5.82. The molecule has 0 N–H and O–H groups in total. The third-order valence-electron chi connectivity index (χ3n) is 5.47. The van der Waals surface area contributed by atoms with Gasteiger partial charge in [-0.2, -0.15) is 0 Å². The zero-order chi connectivity index (χ0) is 17.8. The third-order valence-corrected chi connectivity index (χ3v) is 5.47. The number of ether oxygens (including phenoxy) is 1. The van der Waals surface area contributed by atoms with Gasteiger partial charge < -0.3 is 9.64 Å². The molecule has 1 fully saturated rings. The van der Waals surface area contributed by atoms with Crippen LogP contribution in [0.5, 0.6) is 0 Å². The molecule has 2 atom stereocenters. The first kappa shape index (κ1) is 16.6. The van der Waals surface area contributed by atoms with Crippen molar-refractivity contribution in [3.8, 4) is 0 Å². The van der Waals surface area contributed by atoms with Crippen molar-refractivity contribution in [2.75, 3.05) is 13.1 Å². The summed E-state index contributed by atoms with van der Waals surface area (Å²) in [7, 11) is 0. The molecule has 25 heavy (non-hydrogen) atoms. The van der Waals surface area contributed by atoms with Gasteiger partial charge >= 0.3 is 6.09 Å². The average molecular weight is 341 g/mol. The Kier molecular flexibility index (Phi) is 3.85. The van der Waals surface area contributed by atoms with E-state index in [2.05, 4.69) is 13.0 Å². The maximum atomic E-state index is 12.3. The van der Waals surface area contributed by atoms with Crippen molar-refractivity contribution in [2.45, 2.75) is 59.0 Å². The highest BCUT2D eigenvalue weighted by atomic mass is 16.6. The summed E-state index contributed by atoms with van der Waals surface area (Å²) < 4.78 is 5.51. The Morgan fingerprint density at radius 2 is 2.04 bits per heavy atom. The highest BCUT2D eigenvalue weighted by molar-refractivity contribution is 5.70. The van der Waals surface area contributed by atoms with Gasteiger partial charge in [0.2, 0.25) is 0 Å². The summed E-state index contributed by atoms with van der Waals surface area (Å²) in [5.74, 6) is 1.79. The normalized spacial score (nSPS) is 25.0. The minimum atomic E-state index is -0.439. The number of rotatable bonds is 1. The molecule has 0 bridgehead atoms. The number of amides is 1. The lowest BCUT2D eigenvalue weighted by molar-refractivity contribution is 0.0285. The first-order valence-corrected chi connectivity index (χ1v) is 9.35. The van der Waals surface area contributed by atoms with Gasteiger partial charge in [-0.25, -0.2) is 14.8 Å². The second-order valence-corrected chi connectivity index (χ2v) is 8.62. The maximum Gasteiger partial charge on any atom is 0.410 e. The lowest BCUT2D eigenvalue weighted by atomic mass is 10.00. The molecule has 134 valence electrons. The number of carbonyl (C=O) groups excluding carboxylic acids is 1. The number of nitrogens with zero attached hydrogens (tertiary/aromatic N) is 3. The van der Waals surface area contributed by atoms with E-state index in [4.69, 9.17) is 14.7 Å². The molecule has 1 aliphatic heterocycles. The number of fused-ring (bicyclic) bond motifs is 2. The largest absolute Gasteiger partial charge is 0.444 e. The Labute approximate surface area is 149 Å². The van der Waals surface area contributed by atoms with Crippen LogP contribution in [-0.2, 0) is 17.6 Å². The Hall–Kier alpha value is -1.91. The molecule has 3 aliphatic rings. The highest BCUT2D eigenvalue weighted by Gasteiger charge is 2.40. The van der Waals surface area contributed by atoms with Crippen LogP contribution in [0.1, 0.15) is 56.4 Å². The quantitative estimate of drug-likeness (QED) is 0.784. The fourth-order valence-electron chi connectivity index (χ4n) is 4.32. The monoisotopic (exact) mass is 341 g/mol. The van der Waals surface area contributed by atoms with E-state index in [-0.39, 0.29) is 6.09 Å². The Morgan fingerprint density at radius 1 is 1.24 bits per heavy atom. The molecule has 2 aliphatic carbocycles. The molecule has 2 heterocycles. The molecule has 0 spiro atoms. The minimum absolute atomic E-state index is 0.193. The van der Waals surface area contributed by atoms with E-state index in [1.807, 2.05) is 25.7 Å². The van der Waals surface area contributed by atoms with Gasteiger partial charge in [0.15, 0.2) is 5.82 Å². The van der Waals surface area contributed by atoms with Crippen LogP contribution in [0.25, 0.3) is 5.57 Å². The smallest absolute Gasteiger partial charge is 0.410 e. The van der Waals surface area contributed by atoms with Crippen LogP contribution in [0.3, 0.4) is 0 Å². The van der Waals surface area contributed by atoms with E-state index in [0.717, 1.165) is 43.9 Å². The number of hydrogen-bond donors (Lipinski definition) is 0. The summed E-state index contributed by atoms with van der Waals surface area (Å²) in [5.41, 5.74) is 4.57.